The molecule has 1 atom stereocenters. The van der Waals surface area contributed by atoms with Crippen LogP contribution in [0.1, 0.15) is 0 Å². The number of aliphatic hydroxyl groups excluding tert-OH is 1. The summed E-state index contributed by atoms with van der Waals surface area (Å²) in [6, 6.07) is 0. The Labute approximate surface area is 119 Å². The van der Waals surface area contributed by atoms with Crippen LogP contribution in [0, 0.1) is 0 Å². The number of hydrogen-bond acceptors (Lipinski definition) is 6. The fourth-order valence-corrected chi connectivity index (χ4v) is 2.26. The number of halogens is 1. The molecule has 0 aliphatic carbocycles. The summed E-state index contributed by atoms with van der Waals surface area (Å²) in [5.74, 6) is 0. The molecule has 0 saturated carbocycles. The van der Waals surface area contributed by atoms with Crippen LogP contribution >= 0.6 is 15.9 Å². The van der Waals surface area contributed by atoms with Gasteiger partial charge in [0.2, 0.25) is 0 Å². The van der Waals surface area contributed by atoms with Crippen LogP contribution in [0.2, 0.25) is 0 Å². The number of morpholine rings is 1. The molecule has 0 amide bonds. The van der Waals surface area contributed by atoms with Gasteiger partial charge < -0.3 is 20.5 Å². The molecule has 0 spiro atoms. The first kappa shape index (κ1) is 14.4. The lowest BCUT2D eigenvalue weighted by Gasteiger charge is -2.24. The Balaban J connectivity index is 2.00. The second-order valence-electron chi connectivity index (χ2n) is 4.20. The molecule has 0 radical (unpaired) electrons. The number of hydrogen-bond donors (Lipinski definition) is 3. The van der Waals surface area contributed by atoms with E-state index < -0.39 is 0 Å². The SMILES string of the molecule is O=c1c(Br)c(NCC2CNCCO2)cnn1CCO. The summed E-state index contributed by atoms with van der Waals surface area (Å²) < 4.78 is 7.19. The van der Waals surface area contributed by atoms with E-state index in [1.54, 1.807) is 6.20 Å². The highest BCUT2D eigenvalue weighted by Gasteiger charge is 2.14. The van der Waals surface area contributed by atoms with Gasteiger partial charge in [-0.3, -0.25) is 4.79 Å². The van der Waals surface area contributed by atoms with Crippen molar-refractivity contribution in [3.05, 3.63) is 21.0 Å². The molecule has 1 aliphatic rings. The van der Waals surface area contributed by atoms with Crippen LogP contribution in [0.5, 0.6) is 0 Å². The number of nitrogens with zero attached hydrogens (tertiary/aromatic N) is 2. The summed E-state index contributed by atoms with van der Waals surface area (Å²) in [7, 11) is 0. The van der Waals surface area contributed by atoms with Gasteiger partial charge in [-0.2, -0.15) is 5.10 Å². The van der Waals surface area contributed by atoms with E-state index in [2.05, 4.69) is 31.7 Å². The highest BCUT2D eigenvalue weighted by atomic mass is 79.9. The Morgan fingerprint density at radius 2 is 2.53 bits per heavy atom. The molecule has 7 nitrogen and oxygen atoms in total. The highest BCUT2D eigenvalue weighted by Crippen LogP contribution is 2.16. The van der Waals surface area contributed by atoms with E-state index in [4.69, 9.17) is 9.84 Å². The molecule has 2 rings (SSSR count). The third-order valence-corrected chi connectivity index (χ3v) is 3.59. The van der Waals surface area contributed by atoms with E-state index in [1.165, 1.54) is 4.68 Å². The molecular formula is C11H17BrN4O3. The highest BCUT2D eigenvalue weighted by molar-refractivity contribution is 9.10. The zero-order valence-electron chi connectivity index (χ0n) is 10.4. The maximum atomic E-state index is 11.9. The minimum absolute atomic E-state index is 0.0838. The predicted octanol–water partition coefficient (Wildman–Crippen LogP) is -0.602. The second kappa shape index (κ2) is 6.99. The monoisotopic (exact) mass is 332 g/mol. The number of aromatic nitrogens is 2. The van der Waals surface area contributed by atoms with Crippen molar-refractivity contribution in [2.45, 2.75) is 12.6 Å². The van der Waals surface area contributed by atoms with Crippen LogP contribution in [0.15, 0.2) is 15.5 Å². The third kappa shape index (κ3) is 3.75. The first-order valence-electron chi connectivity index (χ1n) is 6.15. The standard InChI is InChI=1S/C11H17BrN4O3/c12-10-9(7-15-16(2-3-17)11(10)18)14-6-8-5-13-1-4-19-8/h7-8,13-14,17H,1-6H2. The lowest BCUT2D eigenvalue weighted by Crippen LogP contribution is -2.42. The summed E-state index contributed by atoms with van der Waals surface area (Å²) in [4.78, 5) is 11.9. The third-order valence-electron chi connectivity index (χ3n) is 2.82. The summed E-state index contributed by atoms with van der Waals surface area (Å²) in [5, 5.41) is 19.2. The fourth-order valence-electron chi connectivity index (χ4n) is 1.82. The van der Waals surface area contributed by atoms with Crippen LogP contribution < -0.4 is 16.2 Å². The van der Waals surface area contributed by atoms with Gasteiger partial charge in [0.15, 0.2) is 0 Å². The van der Waals surface area contributed by atoms with E-state index in [0.717, 1.165) is 13.1 Å². The lowest BCUT2D eigenvalue weighted by molar-refractivity contribution is 0.0372. The largest absolute Gasteiger partial charge is 0.394 e. The van der Waals surface area contributed by atoms with E-state index in [-0.39, 0.29) is 24.8 Å². The average molecular weight is 333 g/mol. The van der Waals surface area contributed by atoms with Crippen LogP contribution in [0.3, 0.4) is 0 Å². The van der Waals surface area contributed by atoms with Gasteiger partial charge in [0, 0.05) is 19.6 Å². The Hall–Kier alpha value is -0.960. The van der Waals surface area contributed by atoms with Gasteiger partial charge in [0.1, 0.15) is 4.47 Å². The summed E-state index contributed by atoms with van der Waals surface area (Å²) >= 11 is 3.25. The van der Waals surface area contributed by atoms with Gasteiger partial charge in [-0.15, -0.1) is 0 Å². The molecular weight excluding hydrogens is 316 g/mol. The van der Waals surface area contributed by atoms with Crippen molar-refractivity contribution in [1.82, 2.24) is 15.1 Å². The van der Waals surface area contributed by atoms with Crippen molar-refractivity contribution in [3.8, 4) is 0 Å². The van der Waals surface area contributed by atoms with E-state index in [9.17, 15) is 4.79 Å². The van der Waals surface area contributed by atoms with Crippen molar-refractivity contribution in [3.63, 3.8) is 0 Å². The van der Waals surface area contributed by atoms with Crippen molar-refractivity contribution in [1.29, 1.82) is 0 Å². The topological polar surface area (TPSA) is 88.4 Å². The van der Waals surface area contributed by atoms with Crippen molar-refractivity contribution in [2.75, 3.05) is 38.2 Å². The van der Waals surface area contributed by atoms with Crippen molar-refractivity contribution in [2.24, 2.45) is 0 Å². The number of rotatable bonds is 5. The van der Waals surface area contributed by atoms with Gasteiger partial charge in [0.25, 0.3) is 5.56 Å². The first-order valence-corrected chi connectivity index (χ1v) is 6.94. The van der Waals surface area contributed by atoms with E-state index in [1.807, 2.05) is 0 Å². The molecule has 1 unspecified atom stereocenters. The Bertz CT molecular complexity index is 473. The Kier molecular flexibility index (Phi) is 5.32. The minimum Gasteiger partial charge on any atom is -0.394 e. The maximum Gasteiger partial charge on any atom is 0.283 e. The fraction of sp³-hybridized carbons (Fsp3) is 0.636. The van der Waals surface area contributed by atoms with Crippen LogP contribution in [-0.4, -0.2) is 53.8 Å². The van der Waals surface area contributed by atoms with E-state index in [0.29, 0.717) is 23.3 Å². The summed E-state index contributed by atoms with van der Waals surface area (Å²) in [6.07, 6.45) is 1.65. The Morgan fingerprint density at radius 1 is 1.68 bits per heavy atom. The smallest absolute Gasteiger partial charge is 0.283 e. The number of nitrogens with one attached hydrogen (secondary N) is 2. The lowest BCUT2D eigenvalue weighted by atomic mass is 10.3. The average Bonchev–Trinajstić information content (AvgIpc) is 2.44. The molecule has 1 aromatic heterocycles. The molecule has 19 heavy (non-hydrogen) atoms. The second-order valence-corrected chi connectivity index (χ2v) is 4.99. The number of aliphatic hydroxyl groups is 1. The summed E-state index contributed by atoms with van der Waals surface area (Å²) in [6.45, 7) is 3.04. The van der Waals surface area contributed by atoms with Crippen LogP contribution in [0.25, 0.3) is 0 Å². The molecule has 8 heteroatoms. The van der Waals surface area contributed by atoms with Crippen molar-refractivity contribution < 1.29 is 9.84 Å². The van der Waals surface area contributed by atoms with Gasteiger partial charge >= 0.3 is 0 Å². The molecule has 1 saturated heterocycles. The molecule has 0 aromatic carbocycles. The quantitative estimate of drug-likeness (QED) is 0.667. The van der Waals surface area contributed by atoms with Crippen LogP contribution in [0.4, 0.5) is 5.69 Å². The van der Waals surface area contributed by atoms with Gasteiger partial charge in [-0.1, -0.05) is 0 Å². The van der Waals surface area contributed by atoms with Gasteiger partial charge in [0.05, 0.1) is 37.7 Å². The van der Waals surface area contributed by atoms with Gasteiger partial charge in [-0.25, -0.2) is 4.68 Å². The predicted molar refractivity (Wildman–Crippen MR) is 74.4 cm³/mol. The maximum absolute atomic E-state index is 11.9. The van der Waals surface area contributed by atoms with Crippen LogP contribution in [-0.2, 0) is 11.3 Å². The molecule has 1 aliphatic heterocycles. The molecule has 106 valence electrons. The first-order chi connectivity index (χ1) is 9.22. The molecule has 2 heterocycles. The number of ether oxygens (including phenoxy) is 1. The Morgan fingerprint density at radius 3 is 3.21 bits per heavy atom. The van der Waals surface area contributed by atoms with Gasteiger partial charge in [-0.05, 0) is 15.9 Å². The van der Waals surface area contributed by atoms with Crippen molar-refractivity contribution >= 4 is 21.6 Å². The molecule has 1 fully saturated rings. The molecule has 0 bridgehead atoms. The zero-order chi connectivity index (χ0) is 13.7. The summed E-state index contributed by atoms with van der Waals surface area (Å²) in [5.41, 5.74) is 0.370. The molecule has 1 aromatic rings. The molecule has 3 N–H and O–H groups in total. The van der Waals surface area contributed by atoms with E-state index >= 15 is 0 Å². The number of anilines is 1. The zero-order valence-corrected chi connectivity index (χ0v) is 12.0. The minimum atomic E-state index is -0.262. The normalized spacial score (nSPS) is 19.4.